The van der Waals surface area contributed by atoms with Gasteiger partial charge in [0.15, 0.2) is 11.5 Å². The number of methoxy groups -OCH3 is 2. The monoisotopic (exact) mass is 620 g/mol. The molecule has 0 unspecified atom stereocenters. The normalized spacial score (nSPS) is 10.8. The number of aryl methyl sites for hydroxylation is 1. The number of hydrogen-bond acceptors (Lipinski definition) is 6. The maximum Gasteiger partial charge on any atom is 0.332 e. The van der Waals surface area contributed by atoms with Crippen LogP contribution in [-0.2, 0) is 30.7 Å². The van der Waals surface area contributed by atoms with E-state index in [9.17, 15) is 19.2 Å². The molecule has 4 aromatic carbocycles. The predicted octanol–water partition coefficient (Wildman–Crippen LogP) is 4.40. The topological polar surface area (TPSA) is 121 Å². The maximum absolute atomic E-state index is 13.6. The summed E-state index contributed by atoms with van der Waals surface area (Å²) in [7, 11) is 3.15. The zero-order valence-electron chi connectivity index (χ0n) is 26.0. The minimum atomic E-state index is -0.600. The van der Waals surface area contributed by atoms with Gasteiger partial charge < -0.3 is 20.1 Å². The molecule has 0 bridgehead atoms. The van der Waals surface area contributed by atoms with Gasteiger partial charge in [0.05, 0.1) is 31.7 Å². The molecule has 0 spiro atoms. The number of fused-ring (bicyclic) bond motifs is 1. The SMILES string of the molecule is CCc1ccc(NC(=O)Cn2c(=O)n(Cc3ccc(C(=O)NCCc4ccc(OC)c(OC)c4)cc3)c(=O)c3ccccc32)cc1. The molecular formula is C36H36N4O6. The van der Waals surface area contributed by atoms with Gasteiger partial charge in [-0.2, -0.15) is 0 Å². The fourth-order valence-electron chi connectivity index (χ4n) is 5.23. The van der Waals surface area contributed by atoms with Gasteiger partial charge >= 0.3 is 5.69 Å². The van der Waals surface area contributed by atoms with Crippen LogP contribution in [0.25, 0.3) is 10.9 Å². The molecule has 1 aromatic heterocycles. The summed E-state index contributed by atoms with van der Waals surface area (Å²) in [6, 6.07) is 26.6. The number of carbonyl (C=O) groups is 2. The van der Waals surface area contributed by atoms with Gasteiger partial charge in [0.25, 0.3) is 11.5 Å². The van der Waals surface area contributed by atoms with Gasteiger partial charge in [-0.25, -0.2) is 4.79 Å². The van der Waals surface area contributed by atoms with Gasteiger partial charge in [0, 0.05) is 17.8 Å². The molecule has 0 aliphatic rings. The predicted molar refractivity (Wildman–Crippen MR) is 178 cm³/mol. The number of aromatic nitrogens is 2. The van der Waals surface area contributed by atoms with Gasteiger partial charge in [-0.15, -0.1) is 0 Å². The Balaban J connectivity index is 1.29. The van der Waals surface area contributed by atoms with Crippen LogP contribution < -0.4 is 31.4 Å². The Bertz CT molecular complexity index is 1980. The van der Waals surface area contributed by atoms with E-state index in [1.807, 2.05) is 42.5 Å². The quantitative estimate of drug-likeness (QED) is 0.213. The Morgan fingerprint density at radius 2 is 1.43 bits per heavy atom. The lowest BCUT2D eigenvalue weighted by Gasteiger charge is -2.14. The Morgan fingerprint density at radius 1 is 0.761 bits per heavy atom. The van der Waals surface area contributed by atoms with Crippen molar-refractivity contribution < 1.29 is 19.1 Å². The molecule has 10 heteroatoms. The number of nitrogens with one attached hydrogen (secondary N) is 2. The van der Waals surface area contributed by atoms with Crippen molar-refractivity contribution in [1.82, 2.24) is 14.5 Å². The van der Waals surface area contributed by atoms with Crippen molar-refractivity contribution in [2.24, 2.45) is 0 Å². The number of para-hydroxylation sites is 1. The van der Waals surface area contributed by atoms with Crippen molar-refractivity contribution in [3.8, 4) is 11.5 Å². The summed E-state index contributed by atoms with van der Waals surface area (Å²) in [4.78, 5) is 52.8. The molecule has 2 amide bonds. The number of hydrogen-bond donors (Lipinski definition) is 2. The summed E-state index contributed by atoms with van der Waals surface area (Å²) in [5, 5.41) is 6.07. The number of ether oxygens (including phenoxy) is 2. The fraction of sp³-hybridized carbons (Fsp3) is 0.222. The van der Waals surface area contributed by atoms with Crippen molar-refractivity contribution >= 4 is 28.4 Å². The molecule has 236 valence electrons. The minimum Gasteiger partial charge on any atom is -0.493 e. The van der Waals surface area contributed by atoms with Crippen LogP contribution in [0.1, 0.15) is 34.0 Å². The van der Waals surface area contributed by atoms with Crippen LogP contribution in [0.4, 0.5) is 5.69 Å². The number of nitrogens with zero attached hydrogens (tertiary/aromatic N) is 2. The van der Waals surface area contributed by atoms with Gasteiger partial charge in [-0.1, -0.05) is 49.4 Å². The van der Waals surface area contributed by atoms with Gasteiger partial charge in [0.1, 0.15) is 6.54 Å². The summed E-state index contributed by atoms with van der Waals surface area (Å²) >= 11 is 0. The van der Waals surface area contributed by atoms with Gasteiger partial charge in [0.2, 0.25) is 5.91 Å². The standard InChI is InChI=1S/C36H36N4O6/c1-4-24-11-16-28(17-12-24)38-33(41)23-39-30-8-6-5-7-29(30)35(43)40(36(39)44)22-26-9-14-27(15-10-26)34(42)37-20-19-25-13-18-31(45-2)32(21-25)46-3/h5-18,21H,4,19-20,22-23H2,1-3H3,(H,37,42)(H,38,41). The Morgan fingerprint density at radius 3 is 2.13 bits per heavy atom. The first-order chi connectivity index (χ1) is 22.3. The molecule has 5 aromatic rings. The molecule has 0 aliphatic heterocycles. The van der Waals surface area contributed by atoms with E-state index < -0.39 is 11.2 Å². The molecule has 1 heterocycles. The first-order valence-corrected chi connectivity index (χ1v) is 15.0. The third-order valence-corrected chi connectivity index (χ3v) is 7.78. The van der Waals surface area contributed by atoms with E-state index in [1.165, 1.54) is 4.57 Å². The first-order valence-electron chi connectivity index (χ1n) is 15.0. The van der Waals surface area contributed by atoms with Crippen molar-refractivity contribution in [1.29, 1.82) is 0 Å². The molecule has 10 nitrogen and oxygen atoms in total. The molecule has 0 radical (unpaired) electrons. The molecule has 46 heavy (non-hydrogen) atoms. The Labute approximate surface area is 266 Å². The number of benzene rings is 4. The molecule has 5 rings (SSSR count). The lowest BCUT2D eigenvalue weighted by atomic mass is 10.1. The zero-order valence-corrected chi connectivity index (χ0v) is 26.0. The summed E-state index contributed by atoms with van der Waals surface area (Å²) in [6.45, 7) is 2.18. The highest BCUT2D eigenvalue weighted by atomic mass is 16.5. The second kappa shape index (κ2) is 14.4. The van der Waals surface area contributed by atoms with Crippen LogP contribution in [0.3, 0.4) is 0 Å². The molecule has 0 fully saturated rings. The largest absolute Gasteiger partial charge is 0.493 e. The number of anilines is 1. The molecule has 0 aliphatic carbocycles. The lowest BCUT2D eigenvalue weighted by Crippen LogP contribution is -2.42. The highest BCUT2D eigenvalue weighted by Gasteiger charge is 2.16. The molecule has 0 saturated carbocycles. The van der Waals surface area contributed by atoms with E-state index in [0.29, 0.717) is 52.2 Å². The van der Waals surface area contributed by atoms with Crippen molar-refractivity contribution in [3.63, 3.8) is 0 Å². The van der Waals surface area contributed by atoms with E-state index >= 15 is 0 Å². The van der Waals surface area contributed by atoms with Crippen LogP contribution >= 0.6 is 0 Å². The van der Waals surface area contributed by atoms with E-state index in [0.717, 1.165) is 22.1 Å². The summed E-state index contributed by atoms with van der Waals surface area (Å²) < 4.78 is 13.0. The van der Waals surface area contributed by atoms with Gasteiger partial charge in [-0.05, 0) is 78.1 Å². The Hall–Kier alpha value is -5.64. The average Bonchev–Trinajstić information content (AvgIpc) is 3.09. The van der Waals surface area contributed by atoms with E-state index in [4.69, 9.17) is 9.47 Å². The maximum atomic E-state index is 13.6. The van der Waals surface area contributed by atoms with Crippen LogP contribution in [0.2, 0.25) is 0 Å². The summed E-state index contributed by atoms with van der Waals surface area (Å²) in [5.74, 6) is 0.634. The van der Waals surface area contributed by atoms with Crippen molar-refractivity contribution in [3.05, 3.63) is 134 Å². The van der Waals surface area contributed by atoms with Crippen molar-refractivity contribution in [2.75, 3.05) is 26.1 Å². The van der Waals surface area contributed by atoms with E-state index in [-0.39, 0.29) is 24.9 Å². The highest BCUT2D eigenvalue weighted by molar-refractivity contribution is 5.94. The minimum absolute atomic E-state index is 0.0240. The Kier molecular flexibility index (Phi) is 9.97. The summed E-state index contributed by atoms with van der Waals surface area (Å²) in [5.41, 5.74) is 3.19. The summed E-state index contributed by atoms with van der Waals surface area (Å²) in [6.07, 6.45) is 1.49. The van der Waals surface area contributed by atoms with E-state index in [1.54, 1.807) is 62.8 Å². The number of carbonyl (C=O) groups excluding carboxylic acids is 2. The molecule has 0 atom stereocenters. The lowest BCUT2D eigenvalue weighted by molar-refractivity contribution is -0.116. The molecule has 2 N–H and O–H groups in total. The third kappa shape index (κ3) is 7.18. The van der Waals surface area contributed by atoms with Crippen molar-refractivity contribution in [2.45, 2.75) is 32.9 Å². The second-order valence-electron chi connectivity index (χ2n) is 10.8. The van der Waals surface area contributed by atoms with Crippen LogP contribution in [0.5, 0.6) is 11.5 Å². The molecule has 0 saturated heterocycles. The number of amides is 2. The van der Waals surface area contributed by atoms with Crippen LogP contribution in [0.15, 0.2) is 101 Å². The van der Waals surface area contributed by atoms with E-state index in [2.05, 4.69) is 17.6 Å². The third-order valence-electron chi connectivity index (χ3n) is 7.78. The van der Waals surface area contributed by atoms with Crippen LogP contribution in [0, 0.1) is 0 Å². The van der Waals surface area contributed by atoms with Gasteiger partial charge in [-0.3, -0.25) is 23.5 Å². The molecular weight excluding hydrogens is 584 g/mol. The van der Waals surface area contributed by atoms with Crippen LogP contribution in [-0.4, -0.2) is 41.7 Å². The smallest absolute Gasteiger partial charge is 0.332 e. The average molecular weight is 621 g/mol. The highest BCUT2D eigenvalue weighted by Crippen LogP contribution is 2.27. The zero-order chi connectivity index (χ0) is 32.6. The second-order valence-corrected chi connectivity index (χ2v) is 10.8. The number of rotatable bonds is 12. The first kappa shape index (κ1) is 31.8. The fourth-order valence-corrected chi connectivity index (χ4v) is 5.23.